The van der Waals surface area contributed by atoms with Gasteiger partial charge in [-0.2, -0.15) is 5.26 Å². The van der Waals surface area contributed by atoms with Gasteiger partial charge in [0.2, 0.25) is 5.91 Å². The van der Waals surface area contributed by atoms with Crippen molar-refractivity contribution in [3.05, 3.63) is 69.2 Å². The summed E-state index contributed by atoms with van der Waals surface area (Å²) in [7, 11) is 0. The first kappa shape index (κ1) is 18.3. The number of thioether (sulfide) groups is 1. The van der Waals surface area contributed by atoms with E-state index in [9.17, 15) is 14.9 Å². The molecule has 1 aliphatic rings. The highest BCUT2D eigenvalue weighted by molar-refractivity contribution is 8.04. The number of benzene rings is 2. The largest absolute Gasteiger partial charge is 0.321 e. The van der Waals surface area contributed by atoms with Gasteiger partial charge in [0, 0.05) is 11.4 Å². The van der Waals surface area contributed by atoms with E-state index in [2.05, 4.69) is 5.32 Å². The minimum absolute atomic E-state index is 0.143. The van der Waals surface area contributed by atoms with E-state index in [1.807, 2.05) is 12.1 Å². The van der Waals surface area contributed by atoms with Gasteiger partial charge in [0.1, 0.15) is 16.7 Å². The Hall–Kier alpha value is -2.46. The van der Waals surface area contributed by atoms with E-state index >= 15 is 0 Å². The molecule has 2 aromatic rings. The topological polar surface area (TPSA) is 73.2 Å². The number of halogens is 2. The average molecular weight is 404 g/mol. The first-order valence-corrected chi connectivity index (χ1v) is 9.17. The summed E-state index contributed by atoms with van der Waals surface area (Å²) in [6.07, 6.45) is 0. The van der Waals surface area contributed by atoms with Crippen LogP contribution in [-0.4, -0.2) is 17.6 Å². The van der Waals surface area contributed by atoms with Crippen molar-refractivity contribution in [2.45, 2.75) is 0 Å². The molecule has 0 aliphatic carbocycles. The zero-order valence-electron chi connectivity index (χ0n) is 13.2. The molecule has 0 atom stereocenters. The van der Waals surface area contributed by atoms with Crippen LogP contribution in [0.15, 0.2) is 59.1 Å². The van der Waals surface area contributed by atoms with Crippen LogP contribution in [0.5, 0.6) is 0 Å². The van der Waals surface area contributed by atoms with E-state index in [4.69, 9.17) is 23.2 Å². The summed E-state index contributed by atoms with van der Waals surface area (Å²) in [5.41, 5.74) is 0.863. The molecule has 0 unspecified atom stereocenters. The lowest BCUT2D eigenvalue weighted by Gasteiger charge is -2.18. The Bertz CT molecular complexity index is 955. The minimum atomic E-state index is -0.621. The molecule has 0 radical (unpaired) electrons. The molecule has 130 valence electrons. The van der Waals surface area contributed by atoms with E-state index in [0.29, 0.717) is 21.4 Å². The van der Waals surface area contributed by atoms with Crippen molar-refractivity contribution < 1.29 is 9.59 Å². The van der Waals surface area contributed by atoms with Gasteiger partial charge in [-0.15, -0.1) is 0 Å². The lowest BCUT2D eigenvalue weighted by atomic mass is 10.2. The fraction of sp³-hybridized carbons (Fsp3) is 0.0556. The lowest BCUT2D eigenvalue weighted by Crippen LogP contribution is -2.26. The van der Waals surface area contributed by atoms with E-state index < -0.39 is 5.91 Å². The second kappa shape index (κ2) is 7.83. The molecule has 26 heavy (non-hydrogen) atoms. The Labute approximate surface area is 164 Å². The third-order valence-electron chi connectivity index (χ3n) is 3.53. The molecular formula is C18H11Cl2N3O2S. The number of nitriles is 1. The quantitative estimate of drug-likeness (QED) is 0.606. The van der Waals surface area contributed by atoms with Crippen LogP contribution in [0, 0.1) is 11.3 Å². The molecule has 1 aliphatic heterocycles. The third kappa shape index (κ3) is 3.70. The van der Waals surface area contributed by atoms with Crippen LogP contribution < -0.4 is 10.2 Å². The van der Waals surface area contributed by atoms with Gasteiger partial charge in [-0.3, -0.25) is 14.5 Å². The van der Waals surface area contributed by atoms with Crippen molar-refractivity contribution >= 4 is 58.2 Å². The van der Waals surface area contributed by atoms with Gasteiger partial charge in [0.25, 0.3) is 5.91 Å². The SMILES string of the molecule is N#CC(C(=O)Nc1ccc(Cl)c(Cl)c1)=C1SCC(=O)N1c1ccccc1. The number of hydrogen-bond donors (Lipinski definition) is 1. The Morgan fingerprint density at radius 1 is 1.15 bits per heavy atom. The fourth-order valence-electron chi connectivity index (χ4n) is 2.36. The number of para-hydroxylation sites is 1. The maximum Gasteiger partial charge on any atom is 0.269 e. The first-order chi connectivity index (χ1) is 12.5. The van der Waals surface area contributed by atoms with Crippen LogP contribution >= 0.6 is 35.0 Å². The molecule has 0 spiro atoms. The maximum atomic E-state index is 12.6. The van der Waals surface area contributed by atoms with Crippen molar-refractivity contribution in [2.75, 3.05) is 16.0 Å². The Kier molecular flexibility index (Phi) is 5.52. The Morgan fingerprint density at radius 2 is 1.88 bits per heavy atom. The normalized spacial score (nSPS) is 15.6. The monoisotopic (exact) mass is 403 g/mol. The molecule has 1 heterocycles. The van der Waals surface area contributed by atoms with Crippen molar-refractivity contribution in [1.82, 2.24) is 0 Å². The van der Waals surface area contributed by atoms with Gasteiger partial charge >= 0.3 is 0 Å². The summed E-state index contributed by atoms with van der Waals surface area (Å²) < 4.78 is 0. The lowest BCUT2D eigenvalue weighted by molar-refractivity contribution is -0.115. The van der Waals surface area contributed by atoms with Crippen molar-refractivity contribution in [3.63, 3.8) is 0 Å². The molecule has 0 aromatic heterocycles. The van der Waals surface area contributed by atoms with Crippen LogP contribution in [-0.2, 0) is 9.59 Å². The van der Waals surface area contributed by atoms with Gasteiger partial charge in [-0.05, 0) is 30.3 Å². The van der Waals surface area contributed by atoms with Crippen LogP contribution in [0.25, 0.3) is 0 Å². The summed E-state index contributed by atoms with van der Waals surface area (Å²) in [6.45, 7) is 0. The summed E-state index contributed by atoms with van der Waals surface area (Å²) >= 11 is 13.0. The van der Waals surface area contributed by atoms with Gasteiger partial charge < -0.3 is 5.32 Å². The third-order valence-corrected chi connectivity index (χ3v) is 5.32. The van der Waals surface area contributed by atoms with Gasteiger partial charge in [0.05, 0.1) is 15.8 Å². The predicted octanol–water partition coefficient (Wildman–Crippen LogP) is 4.45. The van der Waals surface area contributed by atoms with Crippen LogP contribution in [0.4, 0.5) is 11.4 Å². The number of carbonyl (C=O) groups excluding carboxylic acids is 2. The van der Waals surface area contributed by atoms with Gasteiger partial charge in [0.15, 0.2) is 0 Å². The summed E-state index contributed by atoms with van der Waals surface area (Å²) in [5.74, 6) is -0.648. The zero-order chi connectivity index (χ0) is 18.7. The molecule has 5 nitrogen and oxygen atoms in total. The molecule has 8 heteroatoms. The van der Waals surface area contributed by atoms with Gasteiger partial charge in [-0.1, -0.05) is 53.2 Å². The molecular weight excluding hydrogens is 393 g/mol. The molecule has 1 N–H and O–H groups in total. The molecule has 3 rings (SSSR count). The van der Waals surface area contributed by atoms with Crippen LogP contribution in [0.2, 0.25) is 10.0 Å². The fourth-order valence-corrected chi connectivity index (χ4v) is 3.66. The molecule has 0 saturated carbocycles. The number of anilines is 2. The van der Waals surface area contributed by atoms with E-state index in [0.717, 1.165) is 11.8 Å². The van der Waals surface area contributed by atoms with Crippen molar-refractivity contribution in [1.29, 1.82) is 5.26 Å². The van der Waals surface area contributed by atoms with E-state index in [1.54, 1.807) is 36.4 Å². The highest BCUT2D eigenvalue weighted by atomic mass is 35.5. The highest BCUT2D eigenvalue weighted by Crippen LogP contribution is 2.36. The second-order valence-corrected chi connectivity index (χ2v) is 7.01. The molecule has 2 aromatic carbocycles. The minimum Gasteiger partial charge on any atom is -0.321 e. The van der Waals surface area contributed by atoms with E-state index in [1.165, 1.54) is 11.0 Å². The first-order valence-electron chi connectivity index (χ1n) is 7.43. The predicted molar refractivity (Wildman–Crippen MR) is 104 cm³/mol. The standard InChI is InChI=1S/C18H11Cl2N3O2S/c19-14-7-6-11(8-15(14)20)22-17(25)13(9-21)18-23(16(24)10-26-18)12-4-2-1-3-5-12/h1-8H,10H2,(H,22,25). The molecule has 1 saturated heterocycles. The zero-order valence-corrected chi connectivity index (χ0v) is 15.5. The average Bonchev–Trinajstić information content (AvgIpc) is 3.01. The molecule has 1 fully saturated rings. The van der Waals surface area contributed by atoms with Gasteiger partial charge in [-0.25, -0.2) is 0 Å². The summed E-state index contributed by atoms with van der Waals surface area (Å²) in [5, 5.41) is 13.1. The molecule has 0 bridgehead atoms. The maximum absolute atomic E-state index is 12.6. The number of hydrogen-bond acceptors (Lipinski definition) is 4. The number of carbonyl (C=O) groups is 2. The number of amides is 2. The Balaban J connectivity index is 1.95. The number of nitrogens with one attached hydrogen (secondary N) is 1. The van der Waals surface area contributed by atoms with Crippen LogP contribution in [0.3, 0.4) is 0 Å². The highest BCUT2D eigenvalue weighted by Gasteiger charge is 2.33. The number of rotatable bonds is 3. The Morgan fingerprint density at radius 3 is 2.54 bits per heavy atom. The number of nitrogens with zero attached hydrogens (tertiary/aromatic N) is 2. The van der Waals surface area contributed by atoms with Crippen molar-refractivity contribution in [2.24, 2.45) is 0 Å². The summed E-state index contributed by atoms with van der Waals surface area (Å²) in [4.78, 5) is 26.2. The van der Waals surface area contributed by atoms with E-state index in [-0.39, 0.29) is 22.3 Å². The smallest absolute Gasteiger partial charge is 0.269 e. The molecule has 2 amide bonds. The summed E-state index contributed by atoms with van der Waals surface area (Å²) in [6, 6.07) is 15.4. The second-order valence-electron chi connectivity index (χ2n) is 5.23. The van der Waals surface area contributed by atoms with Crippen molar-refractivity contribution in [3.8, 4) is 6.07 Å². The van der Waals surface area contributed by atoms with Crippen LogP contribution in [0.1, 0.15) is 0 Å².